The van der Waals surface area contributed by atoms with E-state index in [-0.39, 0.29) is 13.0 Å². The SMILES string of the molecule is O=C1CCN([C@@H]2O[C@H](CO)C(O)C2O)C(=O)N1. The highest BCUT2D eigenvalue weighted by molar-refractivity contribution is 5.96. The summed E-state index contributed by atoms with van der Waals surface area (Å²) < 4.78 is 5.18. The van der Waals surface area contributed by atoms with Crippen LogP contribution in [0.2, 0.25) is 0 Å². The molecular weight excluding hydrogens is 232 g/mol. The minimum Gasteiger partial charge on any atom is -0.394 e. The summed E-state index contributed by atoms with van der Waals surface area (Å²) in [6.07, 6.45) is -4.42. The maximum atomic E-state index is 11.5. The number of ether oxygens (including phenoxy) is 1. The number of rotatable bonds is 2. The third-order valence-electron chi connectivity index (χ3n) is 2.91. The van der Waals surface area contributed by atoms with Crippen molar-refractivity contribution in [2.45, 2.75) is 31.0 Å². The van der Waals surface area contributed by atoms with Crippen LogP contribution in [0.1, 0.15) is 6.42 Å². The lowest BCUT2D eigenvalue weighted by atomic mass is 10.1. The first-order chi connectivity index (χ1) is 8.04. The number of aliphatic hydroxyl groups excluding tert-OH is 3. The number of imide groups is 1. The van der Waals surface area contributed by atoms with Crippen LogP contribution in [0.5, 0.6) is 0 Å². The summed E-state index contributed by atoms with van der Waals surface area (Å²) in [5, 5.41) is 30.2. The first-order valence-electron chi connectivity index (χ1n) is 5.27. The van der Waals surface area contributed by atoms with E-state index < -0.39 is 43.1 Å². The fourth-order valence-corrected chi connectivity index (χ4v) is 1.96. The molecule has 0 bridgehead atoms. The zero-order valence-electron chi connectivity index (χ0n) is 8.94. The smallest absolute Gasteiger partial charge is 0.326 e. The number of nitrogens with one attached hydrogen (secondary N) is 1. The molecule has 2 aliphatic rings. The van der Waals surface area contributed by atoms with Gasteiger partial charge in [-0.2, -0.15) is 0 Å². The van der Waals surface area contributed by atoms with Crippen LogP contribution < -0.4 is 5.32 Å². The fraction of sp³-hybridized carbons (Fsp3) is 0.778. The van der Waals surface area contributed by atoms with Crippen LogP contribution >= 0.6 is 0 Å². The van der Waals surface area contributed by atoms with Crippen LogP contribution in [0.3, 0.4) is 0 Å². The number of urea groups is 1. The van der Waals surface area contributed by atoms with Crippen molar-refractivity contribution in [2.75, 3.05) is 13.2 Å². The predicted molar refractivity (Wildman–Crippen MR) is 52.6 cm³/mol. The Labute approximate surface area is 96.8 Å². The van der Waals surface area contributed by atoms with Crippen molar-refractivity contribution in [3.63, 3.8) is 0 Å². The summed E-state index contributed by atoms with van der Waals surface area (Å²) in [7, 11) is 0. The second kappa shape index (κ2) is 4.57. The monoisotopic (exact) mass is 246 g/mol. The average Bonchev–Trinajstić information content (AvgIpc) is 2.57. The van der Waals surface area contributed by atoms with E-state index in [1.807, 2.05) is 0 Å². The number of aliphatic hydroxyl groups is 3. The number of carbonyl (C=O) groups excluding carboxylic acids is 2. The van der Waals surface area contributed by atoms with Crippen molar-refractivity contribution in [2.24, 2.45) is 0 Å². The van der Waals surface area contributed by atoms with Crippen LogP contribution in [0, 0.1) is 0 Å². The van der Waals surface area contributed by atoms with Gasteiger partial charge in [-0.3, -0.25) is 15.0 Å². The van der Waals surface area contributed by atoms with E-state index in [9.17, 15) is 19.8 Å². The van der Waals surface area contributed by atoms with Gasteiger partial charge in [-0.05, 0) is 0 Å². The van der Waals surface area contributed by atoms with Gasteiger partial charge in [-0.15, -0.1) is 0 Å². The van der Waals surface area contributed by atoms with E-state index in [4.69, 9.17) is 9.84 Å². The van der Waals surface area contributed by atoms with Crippen LogP contribution in [0.15, 0.2) is 0 Å². The Morgan fingerprint density at radius 3 is 2.59 bits per heavy atom. The minimum atomic E-state index is -1.30. The molecule has 0 radical (unpaired) electrons. The molecule has 0 aromatic carbocycles. The van der Waals surface area contributed by atoms with Gasteiger partial charge in [-0.25, -0.2) is 4.79 Å². The highest BCUT2D eigenvalue weighted by Crippen LogP contribution is 2.25. The topological polar surface area (TPSA) is 119 Å². The summed E-state index contributed by atoms with van der Waals surface area (Å²) in [5.74, 6) is -0.391. The van der Waals surface area contributed by atoms with E-state index in [2.05, 4.69) is 5.32 Å². The van der Waals surface area contributed by atoms with Gasteiger partial charge in [0.1, 0.15) is 18.3 Å². The summed E-state index contributed by atoms with van der Waals surface area (Å²) in [6, 6.07) is -0.670. The van der Waals surface area contributed by atoms with Gasteiger partial charge < -0.3 is 20.1 Å². The molecule has 8 nitrogen and oxygen atoms in total. The number of carbonyl (C=O) groups is 2. The Morgan fingerprint density at radius 2 is 2.06 bits per heavy atom. The summed E-state index contributed by atoms with van der Waals surface area (Å²) in [6.45, 7) is -0.347. The highest BCUT2D eigenvalue weighted by atomic mass is 16.6. The third-order valence-corrected chi connectivity index (χ3v) is 2.91. The number of amides is 3. The Hall–Kier alpha value is -1.22. The van der Waals surface area contributed by atoms with Gasteiger partial charge in [0.15, 0.2) is 6.23 Å². The predicted octanol–water partition coefficient (Wildman–Crippen LogP) is -2.63. The third kappa shape index (κ3) is 2.12. The molecule has 0 spiro atoms. The average molecular weight is 246 g/mol. The van der Waals surface area contributed by atoms with Gasteiger partial charge in [0.05, 0.1) is 6.61 Å². The van der Waals surface area contributed by atoms with Crippen molar-refractivity contribution in [3.8, 4) is 0 Å². The lowest BCUT2D eigenvalue weighted by molar-refractivity contribution is -0.125. The van der Waals surface area contributed by atoms with Crippen molar-refractivity contribution in [1.29, 1.82) is 0 Å². The van der Waals surface area contributed by atoms with E-state index in [1.165, 1.54) is 0 Å². The van der Waals surface area contributed by atoms with Crippen LogP contribution in [-0.2, 0) is 9.53 Å². The first-order valence-corrected chi connectivity index (χ1v) is 5.27. The van der Waals surface area contributed by atoms with Crippen molar-refractivity contribution in [1.82, 2.24) is 10.2 Å². The van der Waals surface area contributed by atoms with E-state index in [1.54, 1.807) is 0 Å². The Balaban J connectivity index is 2.08. The molecular formula is C9H14N2O6. The van der Waals surface area contributed by atoms with E-state index >= 15 is 0 Å². The van der Waals surface area contributed by atoms with Crippen LogP contribution in [-0.4, -0.2) is 69.8 Å². The fourth-order valence-electron chi connectivity index (χ4n) is 1.96. The maximum Gasteiger partial charge on any atom is 0.326 e. The number of hydrogen-bond donors (Lipinski definition) is 4. The Morgan fingerprint density at radius 1 is 1.35 bits per heavy atom. The molecule has 3 amide bonds. The zero-order chi connectivity index (χ0) is 12.6. The van der Waals surface area contributed by atoms with E-state index in [0.717, 1.165) is 4.90 Å². The van der Waals surface area contributed by atoms with Crippen molar-refractivity contribution in [3.05, 3.63) is 0 Å². The normalized spacial score (nSPS) is 38.4. The van der Waals surface area contributed by atoms with Gasteiger partial charge in [0, 0.05) is 13.0 Å². The molecule has 0 aliphatic carbocycles. The number of nitrogens with zero attached hydrogens (tertiary/aromatic N) is 1. The van der Waals surface area contributed by atoms with Gasteiger partial charge in [-0.1, -0.05) is 0 Å². The van der Waals surface area contributed by atoms with Gasteiger partial charge in [0.2, 0.25) is 5.91 Å². The molecule has 0 saturated carbocycles. The summed E-state index contributed by atoms with van der Waals surface area (Å²) in [4.78, 5) is 23.6. The molecule has 2 heterocycles. The standard InChI is InChI=1S/C9H14N2O6/c12-3-4-6(14)7(15)8(17-4)11-2-1-5(13)10-9(11)16/h4,6-8,12,14-15H,1-3H2,(H,10,13,16)/t4-,6?,7?,8-/m1/s1. The Kier molecular flexibility index (Phi) is 3.29. The summed E-state index contributed by atoms with van der Waals surface area (Å²) >= 11 is 0. The highest BCUT2D eigenvalue weighted by Gasteiger charge is 2.47. The quantitative estimate of drug-likeness (QED) is 0.423. The largest absolute Gasteiger partial charge is 0.394 e. The molecule has 0 aromatic rings. The molecule has 96 valence electrons. The minimum absolute atomic E-state index is 0.108. The molecule has 0 aromatic heterocycles. The molecule has 2 saturated heterocycles. The zero-order valence-corrected chi connectivity index (χ0v) is 8.94. The molecule has 17 heavy (non-hydrogen) atoms. The van der Waals surface area contributed by atoms with Crippen molar-refractivity contribution >= 4 is 11.9 Å². The molecule has 2 fully saturated rings. The maximum absolute atomic E-state index is 11.5. The van der Waals surface area contributed by atoms with Crippen molar-refractivity contribution < 1.29 is 29.6 Å². The van der Waals surface area contributed by atoms with Gasteiger partial charge >= 0.3 is 6.03 Å². The molecule has 2 unspecified atom stereocenters. The number of hydrogen-bond acceptors (Lipinski definition) is 6. The first kappa shape index (κ1) is 12.2. The molecule has 4 N–H and O–H groups in total. The van der Waals surface area contributed by atoms with E-state index in [0.29, 0.717) is 0 Å². The second-order valence-electron chi connectivity index (χ2n) is 4.03. The second-order valence-corrected chi connectivity index (χ2v) is 4.03. The Bertz CT molecular complexity index is 335. The lowest BCUT2D eigenvalue weighted by Crippen LogP contribution is -2.56. The molecule has 2 aliphatic heterocycles. The van der Waals surface area contributed by atoms with Crippen LogP contribution in [0.4, 0.5) is 4.79 Å². The molecule has 2 rings (SSSR count). The van der Waals surface area contributed by atoms with Gasteiger partial charge in [0.25, 0.3) is 0 Å². The molecule has 8 heteroatoms. The summed E-state index contributed by atoms with van der Waals surface area (Å²) in [5.41, 5.74) is 0. The lowest BCUT2D eigenvalue weighted by Gasteiger charge is -2.32. The molecule has 4 atom stereocenters. The van der Waals surface area contributed by atoms with Crippen LogP contribution in [0.25, 0.3) is 0 Å².